The van der Waals surface area contributed by atoms with Crippen molar-refractivity contribution in [3.8, 4) is 0 Å². The van der Waals surface area contributed by atoms with Crippen molar-refractivity contribution in [1.82, 2.24) is 19.6 Å². The van der Waals surface area contributed by atoms with Crippen LogP contribution in [0, 0.1) is 6.92 Å². The Morgan fingerprint density at radius 2 is 2.15 bits per heavy atom. The molecule has 0 amide bonds. The number of aryl methyl sites for hydroxylation is 1. The largest absolute Gasteiger partial charge is 0.288 e. The maximum absolute atomic E-state index is 11.2. The average Bonchev–Trinajstić information content (AvgIpc) is 2.12. The first-order chi connectivity index (χ1) is 6.20. The van der Waals surface area contributed by atoms with E-state index in [1.807, 2.05) is 0 Å². The van der Waals surface area contributed by atoms with Gasteiger partial charge in [-0.05, 0) is 6.92 Å². The maximum Gasteiger partial charge on any atom is 0.288 e. The molecule has 2 heterocycles. The minimum atomic E-state index is -0.392. The number of aromatic nitrogens is 4. The molecular weight excluding hydrogens is 172 g/mol. The average molecular weight is 178 g/mol. The van der Waals surface area contributed by atoms with Crippen LogP contribution in [0.2, 0.25) is 0 Å². The molecule has 0 saturated heterocycles. The highest BCUT2D eigenvalue weighted by molar-refractivity contribution is 5.49. The molecule has 0 radical (unpaired) electrons. The molecule has 0 fully saturated rings. The Morgan fingerprint density at radius 3 is 2.92 bits per heavy atom. The van der Waals surface area contributed by atoms with Gasteiger partial charge in [0.2, 0.25) is 0 Å². The zero-order valence-corrected chi connectivity index (χ0v) is 6.81. The van der Waals surface area contributed by atoms with Crippen LogP contribution in [-0.2, 0) is 0 Å². The van der Waals surface area contributed by atoms with E-state index in [0.29, 0.717) is 5.56 Å². The molecule has 0 saturated carbocycles. The smallest absolute Gasteiger partial charge is 0.284 e. The molecule has 0 unspecified atom stereocenters. The number of fused-ring (bicyclic) bond motifs is 1. The summed E-state index contributed by atoms with van der Waals surface area (Å²) < 4.78 is 1.41. The normalized spacial score (nSPS) is 10.5. The Morgan fingerprint density at radius 1 is 1.38 bits per heavy atom. The molecule has 0 aliphatic carbocycles. The summed E-state index contributed by atoms with van der Waals surface area (Å²) in [7, 11) is 0. The van der Waals surface area contributed by atoms with Gasteiger partial charge in [-0.15, -0.1) is 0 Å². The van der Waals surface area contributed by atoms with Gasteiger partial charge in [-0.1, -0.05) is 0 Å². The molecule has 13 heavy (non-hydrogen) atoms. The lowest BCUT2D eigenvalue weighted by molar-refractivity contribution is 0.881. The summed E-state index contributed by atoms with van der Waals surface area (Å²) in [6, 6.07) is 0. The second kappa shape index (κ2) is 2.51. The monoisotopic (exact) mass is 178 g/mol. The third kappa shape index (κ3) is 1.03. The number of hydrogen-bond donors (Lipinski definition) is 1. The summed E-state index contributed by atoms with van der Waals surface area (Å²) in [6.07, 6.45) is 2.66. The first-order valence-corrected chi connectivity index (χ1v) is 3.61. The summed E-state index contributed by atoms with van der Waals surface area (Å²) in [6.45, 7) is 1.56. The molecule has 2 aromatic heterocycles. The Kier molecular flexibility index (Phi) is 1.48. The van der Waals surface area contributed by atoms with Gasteiger partial charge >= 0.3 is 0 Å². The van der Waals surface area contributed by atoms with E-state index in [-0.39, 0.29) is 11.1 Å². The lowest BCUT2D eigenvalue weighted by Crippen LogP contribution is -2.20. The molecule has 0 atom stereocenters. The van der Waals surface area contributed by atoms with E-state index in [0.717, 1.165) is 0 Å². The van der Waals surface area contributed by atoms with Crippen LogP contribution in [0.3, 0.4) is 0 Å². The highest BCUT2D eigenvalue weighted by atomic mass is 16.1. The van der Waals surface area contributed by atoms with Crippen LogP contribution in [0.15, 0.2) is 22.2 Å². The molecule has 1 N–H and O–H groups in total. The zero-order chi connectivity index (χ0) is 9.42. The Bertz CT molecular complexity index is 568. The fraction of sp³-hybridized carbons (Fsp3) is 0.143. The van der Waals surface area contributed by atoms with Gasteiger partial charge in [0.05, 0.1) is 0 Å². The maximum atomic E-state index is 11.2. The summed E-state index contributed by atoms with van der Waals surface area (Å²) in [4.78, 5) is 25.9. The molecule has 2 rings (SSSR count). The van der Waals surface area contributed by atoms with E-state index in [1.165, 1.54) is 17.1 Å². The molecule has 0 aliphatic heterocycles. The highest BCUT2D eigenvalue weighted by Crippen LogP contribution is 1.94. The standard InChI is InChI=1S/C7H6N4O2/c1-4-5-7(13)10-9-3-11(5)2-8-6(4)12/h2-3H,1H3,(H,10,13). The van der Waals surface area contributed by atoms with Gasteiger partial charge in [0.15, 0.2) is 0 Å². The number of nitrogens with one attached hydrogen (secondary N) is 1. The Hall–Kier alpha value is -1.98. The Labute approximate surface area is 71.9 Å². The van der Waals surface area contributed by atoms with E-state index in [9.17, 15) is 9.59 Å². The number of nitrogens with zero attached hydrogens (tertiary/aromatic N) is 3. The van der Waals surface area contributed by atoms with Gasteiger partial charge in [0, 0.05) is 5.56 Å². The van der Waals surface area contributed by atoms with Crippen molar-refractivity contribution in [2.45, 2.75) is 6.92 Å². The van der Waals surface area contributed by atoms with Crippen LogP contribution in [0.25, 0.3) is 5.52 Å². The first kappa shape index (κ1) is 7.66. The van der Waals surface area contributed by atoms with Crippen molar-refractivity contribution < 1.29 is 0 Å². The van der Waals surface area contributed by atoms with Crippen LogP contribution < -0.4 is 11.1 Å². The molecule has 0 bridgehead atoms. The van der Waals surface area contributed by atoms with Gasteiger partial charge in [-0.2, -0.15) is 10.1 Å². The first-order valence-electron chi connectivity index (χ1n) is 3.61. The topological polar surface area (TPSA) is 80.1 Å². The molecule has 0 aromatic carbocycles. The third-order valence-electron chi connectivity index (χ3n) is 1.80. The quantitative estimate of drug-likeness (QED) is 0.566. The van der Waals surface area contributed by atoms with Gasteiger partial charge in [0.25, 0.3) is 11.1 Å². The summed E-state index contributed by atoms with van der Waals surface area (Å²) >= 11 is 0. The van der Waals surface area contributed by atoms with Crippen molar-refractivity contribution in [2.24, 2.45) is 0 Å². The number of aromatic amines is 1. The van der Waals surface area contributed by atoms with Crippen molar-refractivity contribution in [3.05, 3.63) is 38.9 Å². The molecule has 0 spiro atoms. The molecule has 2 aromatic rings. The summed E-state index contributed by atoms with van der Waals surface area (Å²) in [5, 5.41) is 5.82. The SMILES string of the molecule is Cc1c(=O)ncn2cn[nH]c(=O)c12. The second-order valence-electron chi connectivity index (χ2n) is 2.62. The lowest BCUT2D eigenvalue weighted by Gasteiger charge is -1.98. The van der Waals surface area contributed by atoms with Crippen molar-refractivity contribution >= 4 is 5.52 Å². The van der Waals surface area contributed by atoms with Crippen LogP contribution in [0.1, 0.15) is 5.56 Å². The van der Waals surface area contributed by atoms with Gasteiger partial charge in [0.1, 0.15) is 18.2 Å². The Balaban J connectivity index is 3.15. The van der Waals surface area contributed by atoms with Crippen LogP contribution in [0.5, 0.6) is 0 Å². The molecule has 6 nitrogen and oxygen atoms in total. The molecule has 66 valence electrons. The predicted molar refractivity (Wildman–Crippen MR) is 44.6 cm³/mol. The number of rotatable bonds is 0. The van der Waals surface area contributed by atoms with Gasteiger partial charge in [-0.25, -0.2) is 5.10 Å². The van der Waals surface area contributed by atoms with Gasteiger partial charge in [-0.3, -0.25) is 14.0 Å². The summed E-state index contributed by atoms with van der Waals surface area (Å²) in [5.74, 6) is 0. The fourth-order valence-electron chi connectivity index (χ4n) is 1.14. The molecule has 0 aliphatic rings. The van der Waals surface area contributed by atoms with Crippen LogP contribution >= 0.6 is 0 Å². The summed E-state index contributed by atoms with van der Waals surface area (Å²) in [5.41, 5.74) is -0.169. The van der Waals surface area contributed by atoms with Crippen molar-refractivity contribution in [3.63, 3.8) is 0 Å². The highest BCUT2D eigenvalue weighted by Gasteiger charge is 2.04. The van der Waals surface area contributed by atoms with E-state index in [2.05, 4.69) is 15.2 Å². The van der Waals surface area contributed by atoms with Crippen LogP contribution in [-0.4, -0.2) is 19.6 Å². The van der Waals surface area contributed by atoms with Crippen LogP contribution in [0.4, 0.5) is 0 Å². The predicted octanol–water partition coefficient (Wildman–Crippen LogP) is -0.914. The fourth-order valence-corrected chi connectivity index (χ4v) is 1.14. The van der Waals surface area contributed by atoms with Gasteiger partial charge < -0.3 is 0 Å². The minimum Gasteiger partial charge on any atom is -0.284 e. The number of hydrogen-bond acceptors (Lipinski definition) is 4. The van der Waals surface area contributed by atoms with E-state index in [1.54, 1.807) is 6.92 Å². The van der Waals surface area contributed by atoms with Crippen molar-refractivity contribution in [1.29, 1.82) is 0 Å². The van der Waals surface area contributed by atoms with E-state index in [4.69, 9.17) is 0 Å². The van der Waals surface area contributed by atoms with E-state index < -0.39 is 5.56 Å². The van der Waals surface area contributed by atoms with Crippen molar-refractivity contribution in [2.75, 3.05) is 0 Å². The minimum absolute atomic E-state index is 0.287. The molecular formula is C7H6N4O2. The number of H-pyrrole nitrogens is 1. The molecule has 6 heteroatoms. The second-order valence-corrected chi connectivity index (χ2v) is 2.62. The lowest BCUT2D eigenvalue weighted by atomic mass is 10.3. The third-order valence-corrected chi connectivity index (χ3v) is 1.80. The zero-order valence-electron chi connectivity index (χ0n) is 6.81. The van der Waals surface area contributed by atoms with E-state index >= 15 is 0 Å².